The molecule has 4 heteroatoms. The highest BCUT2D eigenvalue weighted by molar-refractivity contribution is 7.26. The second-order valence-corrected chi connectivity index (χ2v) is 15.1. The van der Waals surface area contributed by atoms with Gasteiger partial charge in [-0.3, -0.25) is 0 Å². The van der Waals surface area contributed by atoms with Gasteiger partial charge in [-0.2, -0.15) is 0 Å². The summed E-state index contributed by atoms with van der Waals surface area (Å²) < 4.78 is 7.68. The Labute approximate surface area is 296 Å². The summed E-state index contributed by atoms with van der Waals surface area (Å²) in [6, 6.07) is 62.5. The maximum absolute atomic E-state index is 2.47. The lowest BCUT2D eigenvalue weighted by molar-refractivity contribution is 1.18. The third-order valence-corrected chi connectivity index (χ3v) is 12.5. The Balaban J connectivity index is 1.21. The van der Waals surface area contributed by atoms with Gasteiger partial charge >= 0.3 is 0 Å². The first-order valence-corrected chi connectivity index (χ1v) is 18.6. The van der Waals surface area contributed by atoms with E-state index in [0.717, 1.165) is 17.1 Å². The maximum atomic E-state index is 2.47. The zero-order valence-electron chi connectivity index (χ0n) is 26.9. The molecular formula is C46H28N2S2. The number of aromatic nitrogens is 1. The summed E-state index contributed by atoms with van der Waals surface area (Å²) in [6.07, 6.45) is 0. The molecule has 3 aromatic heterocycles. The van der Waals surface area contributed by atoms with Crippen LogP contribution in [0.4, 0.5) is 17.1 Å². The van der Waals surface area contributed by atoms with Gasteiger partial charge < -0.3 is 9.47 Å². The zero-order valence-corrected chi connectivity index (χ0v) is 28.5. The molecule has 0 radical (unpaired) electrons. The molecule has 0 N–H and O–H groups in total. The third-order valence-electron chi connectivity index (χ3n) is 10.2. The summed E-state index contributed by atoms with van der Waals surface area (Å²) in [7, 11) is 0. The Hall–Kier alpha value is -5.94. The first-order chi connectivity index (χ1) is 24.8. The molecule has 0 unspecified atom stereocenters. The molecule has 0 aliphatic rings. The molecule has 2 nitrogen and oxygen atoms in total. The molecule has 0 atom stereocenters. The van der Waals surface area contributed by atoms with E-state index in [1.807, 2.05) is 22.7 Å². The monoisotopic (exact) mass is 672 g/mol. The largest absolute Gasteiger partial charge is 0.310 e. The van der Waals surface area contributed by atoms with Crippen LogP contribution >= 0.6 is 22.7 Å². The van der Waals surface area contributed by atoms with Crippen molar-refractivity contribution in [1.82, 2.24) is 4.57 Å². The van der Waals surface area contributed by atoms with Crippen molar-refractivity contribution in [2.75, 3.05) is 4.90 Å². The molecule has 0 spiro atoms. The molecule has 0 amide bonds. The van der Waals surface area contributed by atoms with Gasteiger partial charge in [0.15, 0.2) is 0 Å². The maximum Gasteiger partial charge on any atom is 0.0561 e. The van der Waals surface area contributed by atoms with Crippen LogP contribution < -0.4 is 4.90 Å². The quantitative estimate of drug-likeness (QED) is 0.181. The van der Waals surface area contributed by atoms with Crippen LogP contribution in [0.1, 0.15) is 0 Å². The summed E-state index contributed by atoms with van der Waals surface area (Å²) in [5.41, 5.74) is 7.00. The number of nitrogens with zero attached hydrogens (tertiary/aromatic N) is 2. The fraction of sp³-hybridized carbons (Fsp3) is 0. The molecule has 0 fully saturated rings. The third kappa shape index (κ3) is 4.07. The topological polar surface area (TPSA) is 8.17 Å². The Kier molecular flexibility index (Phi) is 6.03. The zero-order chi connectivity index (χ0) is 32.8. The first-order valence-electron chi connectivity index (χ1n) is 16.9. The fourth-order valence-electron chi connectivity index (χ4n) is 7.95. The van der Waals surface area contributed by atoms with Crippen molar-refractivity contribution >= 4 is 113 Å². The van der Waals surface area contributed by atoms with E-state index in [9.17, 15) is 0 Å². The van der Waals surface area contributed by atoms with Gasteiger partial charge in [-0.25, -0.2) is 0 Å². The summed E-state index contributed by atoms with van der Waals surface area (Å²) in [5, 5.41) is 10.3. The van der Waals surface area contributed by atoms with E-state index in [4.69, 9.17) is 0 Å². The molecule has 11 aromatic rings. The van der Waals surface area contributed by atoms with Crippen molar-refractivity contribution < 1.29 is 0 Å². The van der Waals surface area contributed by atoms with Gasteiger partial charge in [0.1, 0.15) is 0 Å². The highest BCUT2D eigenvalue weighted by Gasteiger charge is 2.21. The number of fused-ring (bicyclic) bond motifs is 11. The summed E-state index contributed by atoms with van der Waals surface area (Å²) in [5.74, 6) is 0. The van der Waals surface area contributed by atoms with Crippen molar-refractivity contribution in [3.05, 3.63) is 170 Å². The number of anilines is 3. The average molecular weight is 673 g/mol. The molecule has 8 aromatic carbocycles. The summed E-state index contributed by atoms with van der Waals surface area (Å²) in [4.78, 5) is 2.47. The van der Waals surface area contributed by atoms with Crippen LogP contribution in [0.15, 0.2) is 170 Å². The van der Waals surface area contributed by atoms with Crippen LogP contribution in [0.2, 0.25) is 0 Å². The van der Waals surface area contributed by atoms with Gasteiger partial charge in [-0.1, -0.05) is 109 Å². The van der Waals surface area contributed by atoms with Gasteiger partial charge in [0, 0.05) is 79.0 Å². The molecule has 50 heavy (non-hydrogen) atoms. The Bertz CT molecular complexity index is 3110. The molecule has 0 saturated heterocycles. The van der Waals surface area contributed by atoms with Crippen molar-refractivity contribution in [3.63, 3.8) is 0 Å². The van der Waals surface area contributed by atoms with E-state index in [0.29, 0.717) is 0 Å². The summed E-state index contributed by atoms with van der Waals surface area (Å²) in [6.45, 7) is 0. The van der Waals surface area contributed by atoms with Gasteiger partial charge in [-0.05, 0) is 60.7 Å². The summed E-state index contributed by atoms with van der Waals surface area (Å²) >= 11 is 3.76. The minimum absolute atomic E-state index is 1.13. The fourth-order valence-corrected chi connectivity index (χ4v) is 10.3. The van der Waals surface area contributed by atoms with Crippen LogP contribution in [0, 0.1) is 0 Å². The van der Waals surface area contributed by atoms with Crippen molar-refractivity contribution in [1.29, 1.82) is 0 Å². The lowest BCUT2D eigenvalue weighted by Gasteiger charge is -2.27. The predicted octanol–water partition coefficient (Wildman–Crippen LogP) is 14.1. The van der Waals surface area contributed by atoms with E-state index < -0.39 is 0 Å². The highest BCUT2D eigenvalue weighted by atomic mass is 32.1. The molecule has 0 aliphatic carbocycles. The molecular weight excluding hydrogens is 645 g/mol. The lowest BCUT2D eigenvalue weighted by atomic mass is 10.0. The minimum atomic E-state index is 1.13. The smallest absolute Gasteiger partial charge is 0.0561 e. The Morgan fingerprint density at radius 1 is 0.360 bits per heavy atom. The van der Waals surface area contributed by atoms with E-state index in [1.165, 1.54) is 78.6 Å². The van der Waals surface area contributed by atoms with Crippen LogP contribution in [0.5, 0.6) is 0 Å². The first kappa shape index (κ1) is 28.0. The predicted molar refractivity (Wildman–Crippen MR) is 219 cm³/mol. The van der Waals surface area contributed by atoms with E-state index >= 15 is 0 Å². The number of hydrogen-bond acceptors (Lipinski definition) is 3. The Morgan fingerprint density at radius 2 is 0.920 bits per heavy atom. The minimum Gasteiger partial charge on any atom is -0.310 e. The molecule has 0 saturated carbocycles. The van der Waals surface area contributed by atoms with Crippen LogP contribution in [0.25, 0.3) is 78.6 Å². The number of rotatable bonds is 4. The van der Waals surface area contributed by atoms with Crippen molar-refractivity contribution in [2.24, 2.45) is 0 Å². The second kappa shape index (κ2) is 10.8. The number of hydrogen-bond donors (Lipinski definition) is 0. The van der Waals surface area contributed by atoms with E-state index in [-0.39, 0.29) is 0 Å². The van der Waals surface area contributed by atoms with E-state index in [2.05, 4.69) is 179 Å². The van der Waals surface area contributed by atoms with Crippen molar-refractivity contribution in [2.45, 2.75) is 0 Å². The molecule has 234 valence electrons. The highest BCUT2D eigenvalue weighted by Crippen LogP contribution is 2.46. The molecule has 11 rings (SSSR count). The van der Waals surface area contributed by atoms with Gasteiger partial charge in [0.05, 0.1) is 16.7 Å². The number of thiophene rings is 2. The van der Waals surface area contributed by atoms with Gasteiger partial charge in [-0.15, -0.1) is 22.7 Å². The average Bonchev–Trinajstić information content (AvgIpc) is 3.85. The number of para-hydroxylation sites is 2. The molecule has 0 bridgehead atoms. The second-order valence-electron chi connectivity index (χ2n) is 12.9. The van der Waals surface area contributed by atoms with E-state index in [1.54, 1.807) is 0 Å². The normalized spacial score (nSPS) is 12.0. The molecule has 0 aliphatic heterocycles. The van der Waals surface area contributed by atoms with Gasteiger partial charge in [0.25, 0.3) is 0 Å². The van der Waals surface area contributed by atoms with Crippen LogP contribution in [-0.2, 0) is 0 Å². The number of benzene rings is 8. The standard InChI is InChI=1S/C46H28N2S2/c1-2-11-29(12-3-1)48-41-17-7-4-13-32(41)33-23-21-30(27-42(33)48)47(31-22-24-37-35-14-5-8-19-43(35)49-45(37)28-31)40-18-10-16-38-34(40)25-26-39-36-15-6-9-20-44(36)50-46(38)39/h1-28H. The molecule has 3 heterocycles. The van der Waals surface area contributed by atoms with Crippen LogP contribution in [-0.4, -0.2) is 4.57 Å². The SMILES string of the molecule is c1ccc(-n2c3ccccc3c3ccc(N(c4ccc5c(c4)sc4ccccc45)c4cccc5c4ccc4c6ccccc6sc54)cc32)cc1. The van der Waals surface area contributed by atoms with Gasteiger partial charge in [0.2, 0.25) is 0 Å². The van der Waals surface area contributed by atoms with Crippen LogP contribution in [0.3, 0.4) is 0 Å². The Morgan fingerprint density at radius 3 is 1.76 bits per heavy atom. The lowest BCUT2D eigenvalue weighted by Crippen LogP contribution is -2.10. The van der Waals surface area contributed by atoms with Crippen molar-refractivity contribution in [3.8, 4) is 5.69 Å².